The van der Waals surface area contributed by atoms with Gasteiger partial charge in [0.15, 0.2) is 5.58 Å². The molecule has 0 aliphatic rings. The molecule has 1 aromatic heterocycles. The monoisotopic (exact) mass is 333 g/mol. The van der Waals surface area contributed by atoms with E-state index in [1.54, 1.807) is 12.1 Å². The second kappa shape index (κ2) is 6.77. The first-order valence-electron chi connectivity index (χ1n) is 8.07. The van der Waals surface area contributed by atoms with Crippen molar-refractivity contribution in [3.05, 3.63) is 95.4 Å². The van der Waals surface area contributed by atoms with Gasteiger partial charge in [0, 0.05) is 17.9 Å². The summed E-state index contributed by atoms with van der Waals surface area (Å²) in [5, 5.41) is 5.17. The summed E-state index contributed by atoms with van der Waals surface area (Å²) in [5.74, 6) is 0.442. The van der Waals surface area contributed by atoms with Crippen molar-refractivity contribution in [1.29, 1.82) is 0 Å². The summed E-state index contributed by atoms with van der Waals surface area (Å²) < 4.78 is 24.1. The van der Waals surface area contributed by atoms with Gasteiger partial charge in [-0.15, -0.1) is 0 Å². The van der Waals surface area contributed by atoms with Crippen molar-refractivity contribution in [3.63, 3.8) is 0 Å². The number of hydrogen-bond acceptors (Lipinski definition) is 3. The van der Waals surface area contributed by atoms with Crippen LogP contribution in [0.4, 0.5) is 4.39 Å². The van der Waals surface area contributed by atoms with Crippen molar-refractivity contribution in [2.45, 2.75) is 13.0 Å². The van der Waals surface area contributed by atoms with E-state index in [1.807, 2.05) is 36.4 Å². The van der Waals surface area contributed by atoms with Gasteiger partial charge in [0.2, 0.25) is 0 Å². The summed E-state index contributed by atoms with van der Waals surface area (Å²) in [5.41, 5.74) is 3.70. The number of nitrogens with zero attached hydrogens (tertiary/aromatic N) is 1. The van der Waals surface area contributed by atoms with E-state index >= 15 is 0 Å². The molecule has 0 fully saturated rings. The third-order valence-electron chi connectivity index (χ3n) is 4.05. The average Bonchev–Trinajstić information content (AvgIpc) is 3.04. The maximum Gasteiger partial charge on any atom is 0.170 e. The molecule has 0 aliphatic heterocycles. The molecule has 0 atom stereocenters. The van der Waals surface area contributed by atoms with Crippen molar-refractivity contribution in [2.24, 2.45) is 0 Å². The lowest BCUT2D eigenvalue weighted by atomic mass is 10.1. The van der Waals surface area contributed by atoms with Crippen molar-refractivity contribution >= 4 is 11.0 Å². The molecular formula is C21H16FNO2. The van der Waals surface area contributed by atoms with Crippen LogP contribution in [0, 0.1) is 5.82 Å². The number of halogens is 1. The van der Waals surface area contributed by atoms with Gasteiger partial charge >= 0.3 is 0 Å². The molecule has 0 unspecified atom stereocenters. The molecule has 3 aromatic carbocycles. The van der Waals surface area contributed by atoms with E-state index < -0.39 is 0 Å². The van der Waals surface area contributed by atoms with Gasteiger partial charge in [-0.2, -0.15) is 0 Å². The third kappa shape index (κ3) is 3.53. The summed E-state index contributed by atoms with van der Waals surface area (Å²) in [6.07, 6.45) is 0.726. The molecule has 0 saturated heterocycles. The summed E-state index contributed by atoms with van der Waals surface area (Å²) in [4.78, 5) is 0. The van der Waals surface area contributed by atoms with E-state index in [0.29, 0.717) is 17.9 Å². The maximum absolute atomic E-state index is 12.9. The fourth-order valence-electron chi connectivity index (χ4n) is 2.72. The first kappa shape index (κ1) is 15.4. The standard InChI is InChI=1S/C21H16FNO2/c22-17-8-6-16(7-9-17)14-24-18-10-11-19-20(23-25-21(19)13-18)12-15-4-2-1-3-5-15/h1-11,13H,12,14H2. The summed E-state index contributed by atoms with van der Waals surface area (Å²) in [6, 6.07) is 22.1. The number of fused-ring (bicyclic) bond motifs is 1. The summed E-state index contributed by atoms with van der Waals surface area (Å²) >= 11 is 0. The molecule has 1 heterocycles. The Kier molecular flexibility index (Phi) is 4.17. The molecule has 0 bridgehead atoms. The maximum atomic E-state index is 12.9. The van der Waals surface area contributed by atoms with Gasteiger partial charge in [-0.3, -0.25) is 0 Å². The molecule has 0 radical (unpaired) electrons. The molecule has 0 N–H and O–H groups in total. The zero-order chi connectivity index (χ0) is 17.1. The Labute approximate surface area is 144 Å². The van der Waals surface area contributed by atoms with E-state index in [4.69, 9.17) is 9.26 Å². The van der Waals surface area contributed by atoms with Crippen LogP contribution in [0.5, 0.6) is 5.75 Å². The summed E-state index contributed by atoms with van der Waals surface area (Å²) in [7, 11) is 0. The fourth-order valence-corrected chi connectivity index (χ4v) is 2.72. The van der Waals surface area contributed by atoms with Gasteiger partial charge in [-0.1, -0.05) is 47.6 Å². The highest BCUT2D eigenvalue weighted by Gasteiger charge is 2.10. The average molecular weight is 333 g/mol. The lowest BCUT2D eigenvalue weighted by Crippen LogP contribution is -1.95. The van der Waals surface area contributed by atoms with E-state index in [1.165, 1.54) is 17.7 Å². The van der Waals surface area contributed by atoms with Crippen molar-refractivity contribution in [3.8, 4) is 5.75 Å². The molecule has 0 aliphatic carbocycles. The molecule has 4 rings (SSSR count). The first-order valence-corrected chi connectivity index (χ1v) is 8.07. The molecule has 124 valence electrons. The fraction of sp³-hybridized carbons (Fsp3) is 0.0952. The van der Waals surface area contributed by atoms with Crippen molar-refractivity contribution < 1.29 is 13.7 Å². The Balaban J connectivity index is 1.50. The van der Waals surface area contributed by atoms with E-state index in [0.717, 1.165) is 23.1 Å². The van der Waals surface area contributed by atoms with Gasteiger partial charge in [0.25, 0.3) is 0 Å². The minimum atomic E-state index is -0.252. The lowest BCUT2D eigenvalue weighted by Gasteiger charge is -2.06. The predicted molar refractivity (Wildman–Crippen MR) is 94.0 cm³/mol. The zero-order valence-corrected chi connectivity index (χ0v) is 13.5. The predicted octanol–water partition coefficient (Wildman–Crippen LogP) is 5.14. The lowest BCUT2D eigenvalue weighted by molar-refractivity contribution is 0.305. The number of ether oxygens (including phenoxy) is 1. The topological polar surface area (TPSA) is 35.3 Å². The highest BCUT2D eigenvalue weighted by Crippen LogP contribution is 2.25. The van der Waals surface area contributed by atoms with E-state index in [9.17, 15) is 4.39 Å². The Hall–Kier alpha value is -3.14. The number of benzene rings is 3. The quantitative estimate of drug-likeness (QED) is 0.507. The first-order chi connectivity index (χ1) is 12.3. The second-order valence-electron chi connectivity index (χ2n) is 5.86. The van der Waals surface area contributed by atoms with Gasteiger partial charge in [0.1, 0.15) is 18.2 Å². The normalized spacial score (nSPS) is 10.9. The van der Waals surface area contributed by atoms with Crippen LogP contribution >= 0.6 is 0 Å². The van der Waals surface area contributed by atoms with Crippen LogP contribution in [0.15, 0.2) is 77.3 Å². The number of rotatable bonds is 5. The third-order valence-corrected chi connectivity index (χ3v) is 4.05. The zero-order valence-electron chi connectivity index (χ0n) is 13.5. The molecular weight excluding hydrogens is 317 g/mol. The Morgan fingerprint density at radius 1 is 0.880 bits per heavy atom. The largest absolute Gasteiger partial charge is 0.489 e. The number of hydrogen-bond donors (Lipinski definition) is 0. The Morgan fingerprint density at radius 3 is 2.48 bits per heavy atom. The van der Waals surface area contributed by atoms with Crippen LogP contribution in [0.3, 0.4) is 0 Å². The SMILES string of the molecule is Fc1ccc(COc2ccc3c(Cc4ccccc4)noc3c2)cc1. The minimum absolute atomic E-state index is 0.252. The van der Waals surface area contributed by atoms with Crippen LogP contribution < -0.4 is 4.74 Å². The van der Waals surface area contributed by atoms with Gasteiger partial charge in [0.05, 0.1) is 5.69 Å². The highest BCUT2D eigenvalue weighted by molar-refractivity contribution is 5.81. The van der Waals surface area contributed by atoms with E-state index in [-0.39, 0.29) is 5.82 Å². The van der Waals surface area contributed by atoms with Crippen LogP contribution in [-0.2, 0) is 13.0 Å². The minimum Gasteiger partial charge on any atom is -0.489 e. The van der Waals surface area contributed by atoms with Crippen molar-refractivity contribution in [2.75, 3.05) is 0 Å². The van der Waals surface area contributed by atoms with E-state index in [2.05, 4.69) is 17.3 Å². The molecule has 25 heavy (non-hydrogen) atoms. The van der Waals surface area contributed by atoms with Crippen molar-refractivity contribution in [1.82, 2.24) is 5.16 Å². The Morgan fingerprint density at radius 2 is 1.68 bits per heavy atom. The van der Waals surface area contributed by atoms with Gasteiger partial charge in [-0.25, -0.2) is 4.39 Å². The molecule has 4 heteroatoms. The molecule has 4 aromatic rings. The van der Waals surface area contributed by atoms with Gasteiger partial charge < -0.3 is 9.26 Å². The van der Waals surface area contributed by atoms with Crippen LogP contribution in [0.2, 0.25) is 0 Å². The van der Waals surface area contributed by atoms with Crippen LogP contribution in [0.25, 0.3) is 11.0 Å². The summed E-state index contributed by atoms with van der Waals surface area (Å²) in [6.45, 7) is 0.372. The van der Waals surface area contributed by atoms with Crippen LogP contribution in [0.1, 0.15) is 16.8 Å². The molecule has 0 spiro atoms. The Bertz CT molecular complexity index is 978. The number of aromatic nitrogens is 1. The molecule has 3 nitrogen and oxygen atoms in total. The smallest absolute Gasteiger partial charge is 0.170 e. The highest BCUT2D eigenvalue weighted by atomic mass is 19.1. The van der Waals surface area contributed by atoms with Gasteiger partial charge in [-0.05, 0) is 35.4 Å². The van der Waals surface area contributed by atoms with Crippen LogP contribution in [-0.4, -0.2) is 5.16 Å². The molecule has 0 saturated carbocycles. The molecule has 0 amide bonds. The second-order valence-corrected chi connectivity index (χ2v) is 5.86.